The maximum atomic E-state index is 11.6. The van der Waals surface area contributed by atoms with E-state index < -0.39 is 30.4 Å². The van der Waals surface area contributed by atoms with Crippen LogP contribution in [0.2, 0.25) is 10.0 Å². The predicted molar refractivity (Wildman–Crippen MR) is 72.3 cm³/mol. The molecule has 0 aliphatic rings. The number of halogens is 2. The monoisotopic (exact) mass is 320 g/mol. The normalized spacial score (nSPS) is 11.5. The third-order valence-corrected chi connectivity index (χ3v) is 3.00. The Morgan fingerprint density at radius 1 is 1.20 bits per heavy atom. The number of hydrogen-bond donors (Lipinski definition) is 4. The molecular formula is C11H10Cl2N2O5. The largest absolute Gasteiger partial charge is 0.481 e. The first-order valence-electron chi connectivity index (χ1n) is 5.27. The number of amides is 2. The highest BCUT2D eigenvalue weighted by Gasteiger charge is 2.23. The molecule has 7 nitrogen and oxygen atoms in total. The van der Waals surface area contributed by atoms with Gasteiger partial charge in [0, 0.05) is 0 Å². The van der Waals surface area contributed by atoms with Crippen molar-refractivity contribution in [2.75, 3.05) is 5.32 Å². The zero-order valence-electron chi connectivity index (χ0n) is 9.89. The molecule has 20 heavy (non-hydrogen) atoms. The second kappa shape index (κ2) is 6.97. The summed E-state index contributed by atoms with van der Waals surface area (Å²) in [6.07, 6.45) is -0.744. The second-order valence-electron chi connectivity index (χ2n) is 3.69. The third kappa shape index (κ3) is 4.60. The highest BCUT2D eigenvalue weighted by atomic mass is 35.5. The number of carboxylic acid groups (broad SMARTS) is 2. The van der Waals surface area contributed by atoms with E-state index in [4.69, 9.17) is 33.4 Å². The number of benzene rings is 1. The van der Waals surface area contributed by atoms with Crippen LogP contribution in [0, 0.1) is 0 Å². The lowest BCUT2D eigenvalue weighted by atomic mass is 10.2. The minimum atomic E-state index is -1.55. The van der Waals surface area contributed by atoms with Crippen LogP contribution in [0.5, 0.6) is 0 Å². The van der Waals surface area contributed by atoms with Gasteiger partial charge in [0.25, 0.3) is 0 Å². The molecule has 108 valence electrons. The molecule has 0 unspecified atom stereocenters. The molecule has 0 heterocycles. The van der Waals surface area contributed by atoms with E-state index in [-0.39, 0.29) is 15.7 Å². The molecule has 0 aliphatic heterocycles. The lowest BCUT2D eigenvalue weighted by Gasteiger charge is -2.14. The molecular weight excluding hydrogens is 311 g/mol. The van der Waals surface area contributed by atoms with Crippen LogP contribution in [-0.4, -0.2) is 34.2 Å². The molecule has 0 spiro atoms. The van der Waals surface area contributed by atoms with Gasteiger partial charge in [-0.15, -0.1) is 0 Å². The van der Waals surface area contributed by atoms with Gasteiger partial charge in [-0.05, 0) is 12.1 Å². The van der Waals surface area contributed by atoms with Crippen molar-refractivity contribution in [1.82, 2.24) is 5.32 Å². The van der Waals surface area contributed by atoms with Gasteiger partial charge in [0.15, 0.2) is 0 Å². The summed E-state index contributed by atoms with van der Waals surface area (Å²) < 4.78 is 0. The van der Waals surface area contributed by atoms with Crippen molar-refractivity contribution >= 4 is 46.9 Å². The Morgan fingerprint density at radius 3 is 2.40 bits per heavy atom. The van der Waals surface area contributed by atoms with Crippen LogP contribution in [0.15, 0.2) is 18.2 Å². The molecule has 1 aromatic carbocycles. The Kier molecular flexibility index (Phi) is 5.60. The SMILES string of the molecule is O=C(O)C[C@H](NC(=O)Nc1cccc(Cl)c1Cl)C(=O)O. The summed E-state index contributed by atoms with van der Waals surface area (Å²) in [6, 6.07) is 2.06. The standard InChI is InChI=1S/C11H10Cl2N2O5/c12-5-2-1-3-6(9(5)13)14-11(20)15-7(10(18)19)4-8(16)17/h1-3,7H,4H2,(H,16,17)(H,18,19)(H2,14,15,20)/t7-/m0/s1. The lowest BCUT2D eigenvalue weighted by Crippen LogP contribution is -2.44. The summed E-state index contributed by atoms with van der Waals surface area (Å²) in [5.74, 6) is -2.81. The van der Waals surface area contributed by atoms with Crippen LogP contribution >= 0.6 is 23.2 Å². The number of hydrogen-bond acceptors (Lipinski definition) is 3. The first kappa shape index (κ1) is 16.1. The fourth-order valence-electron chi connectivity index (χ4n) is 1.29. The Morgan fingerprint density at radius 2 is 1.85 bits per heavy atom. The van der Waals surface area contributed by atoms with Crippen LogP contribution in [0.1, 0.15) is 6.42 Å². The molecule has 1 rings (SSSR count). The highest BCUT2D eigenvalue weighted by molar-refractivity contribution is 6.43. The fraction of sp³-hybridized carbons (Fsp3) is 0.182. The molecule has 2 amide bonds. The van der Waals surface area contributed by atoms with Crippen molar-refractivity contribution < 1.29 is 24.6 Å². The highest BCUT2D eigenvalue weighted by Crippen LogP contribution is 2.29. The molecule has 0 saturated heterocycles. The molecule has 0 aliphatic carbocycles. The Labute approximate surface area is 123 Å². The summed E-state index contributed by atoms with van der Waals surface area (Å²) in [5, 5.41) is 21.9. The van der Waals surface area contributed by atoms with Gasteiger partial charge in [0.1, 0.15) is 6.04 Å². The number of carbonyl (C=O) groups is 3. The molecule has 1 aromatic rings. The second-order valence-corrected chi connectivity index (χ2v) is 4.47. The van der Waals surface area contributed by atoms with E-state index in [9.17, 15) is 14.4 Å². The average Bonchev–Trinajstić information content (AvgIpc) is 2.33. The van der Waals surface area contributed by atoms with Crippen molar-refractivity contribution in [1.29, 1.82) is 0 Å². The van der Waals surface area contributed by atoms with E-state index >= 15 is 0 Å². The molecule has 0 radical (unpaired) electrons. The summed E-state index contributed by atoms with van der Waals surface area (Å²) in [6.45, 7) is 0. The van der Waals surface area contributed by atoms with E-state index in [1.807, 2.05) is 5.32 Å². The van der Waals surface area contributed by atoms with Crippen molar-refractivity contribution in [3.63, 3.8) is 0 Å². The molecule has 0 fully saturated rings. The zero-order chi connectivity index (χ0) is 15.3. The summed E-state index contributed by atoms with van der Waals surface area (Å²) in [4.78, 5) is 32.9. The maximum absolute atomic E-state index is 11.6. The zero-order valence-corrected chi connectivity index (χ0v) is 11.4. The number of aliphatic carboxylic acids is 2. The summed E-state index contributed by atoms with van der Waals surface area (Å²) in [5.41, 5.74) is 0.177. The molecule has 9 heteroatoms. The van der Waals surface area contributed by atoms with Crippen LogP contribution in [0.3, 0.4) is 0 Å². The number of rotatable bonds is 5. The van der Waals surface area contributed by atoms with Crippen molar-refractivity contribution in [2.45, 2.75) is 12.5 Å². The fourth-order valence-corrected chi connectivity index (χ4v) is 1.64. The smallest absolute Gasteiger partial charge is 0.326 e. The van der Waals surface area contributed by atoms with Gasteiger partial charge in [-0.3, -0.25) is 4.79 Å². The van der Waals surface area contributed by atoms with E-state index in [1.165, 1.54) is 18.2 Å². The molecule has 1 atom stereocenters. The minimum Gasteiger partial charge on any atom is -0.481 e. The number of carbonyl (C=O) groups excluding carboxylic acids is 1. The number of nitrogens with one attached hydrogen (secondary N) is 2. The van der Waals surface area contributed by atoms with E-state index in [0.717, 1.165) is 0 Å². The number of urea groups is 1. The van der Waals surface area contributed by atoms with Gasteiger partial charge in [0.2, 0.25) is 0 Å². The molecule has 0 saturated carbocycles. The van der Waals surface area contributed by atoms with Gasteiger partial charge in [-0.25, -0.2) is 9.59 Å². The number of carboxylic acids is 2. The quantitative estimate of drug-likeness (QED) is 0.662. The molecule has 4 N–H and O–H groups in total. The number of anilines is 1. The van der Waals surface area contributed by atoms with Crippen LogP contribution in [0.25, 0.3) is 0 Å². The van der Waals surface area contributed by atoms with Crippen molar-refractivity contribution in [3.8, 4) is 0 Å². The maximum Gasteiger partial charge on any atom is 0.326 e. The lowest BCUT2D eigenvalue weighted by molar-refractivity contribution is -0.145. The third-order valence-electron chi connectivity index (χ3n) is 2.18. The summed E-state index contributed by atoms with van der Waals surface area (Å²) in [7, 11) is 0. The van der Waals surface area contributed by atoms with Gasteiger partial charge >= 0.3 is 18.0 Å². The van der Waals surface area contributed by atoms with Crippen LogP contribution in [0.4, 0.5) is 10.5 Å². The Hall–Kier alpha value is -1.99. The van der Waals surface area contributed by atoms with Crippen LogP contribution in [-0.2, 0) is 9.59 Å². The van der Waals surface area contributed by atoms with Crippen molar-refractivity contribution in [3.05, 3.63) is 28.2 Å². The van der Waals surface area contributed by atoms with E-state index in [2.05, 4.69) is 5.32 Å². The first-order chi connectivity index (χ1) is 9.31. The van der Waals surface area contributed by atoms with Gasteiger partial charge in [-0.1, -0.05) is 29.3 Å². The Balaban J connectivity index is 2.73. The van der Waals surface area contributed by atoms with Gasteiger partial charge < -0.3 is 20.8 Å². The molecule has 0 aromatic heterocycles. The van der Waals surface area contributed by atoms with Crippen molar-refractivity contribution in [2.24, 2.45) is 0 Å². The topological polar surface area (TPSA) is 116 Å². The van der Waals surface area contributed by atoms with Crippen LogP contribution < -0.4 is 10.6 Å². The Bertz CT molecular complexity index is 550. The molecule has 0 bridgehead atoms. The summed E-state index contributed by atoms with van der Waals surface area (Å²) >= 11 is 11.6. The van der Waals surface area contributed by atoms with E-state index in [1.54, 1.807) is 0 Å². The first-order valence-corrected chi connectivity index (χ1v) is 6.03. The predicted octanol–water partition coefficient (Wildman–Crippen LogP) is 2.04. The van der Waals surface area contributed by atoms with Gasteiger partial charge in [-0.2, -0.15) is 0 Å². The average molecular weight is 321 g/mol. The van der Waals surface area contributed by atoms with Gasteiger partial charge in [0.05, 0.1) is 22.2 Å². The van der Waals surface area contributed by atoms with E-state index in [0.29, 0.717) is 0 Å². The minimum absolute atomic E-state index is 0.0921.